The molecule has 0 spiro atoms. The van der Waals surface area contributed by atoms with Gasteiger partial charge in [-0.2, -0.15) is 0 Å². The first-order valence-electron chi connectivity index (χ1n) is 4.90. The van der Waals surface area contributed by atoms with Crippen molar-refractivity contribution < 1.29 is 0 Å². The molecule has 0 fully saturated rings. The highest BCUT2D eigenvalue weighted by Gasteiger charge is 2.04. The minimum Gasteiger partial charge on any atom is -0.351 e. The number of anilines is 1. The van der Waals surface area contributed by atoms with Crippen LogP contribution in [0, 0.1) is 0 Å². The zero-order valence-electron chi connectivity index (χ0n) is 8.96. The van der Waals surface area contributed by atoms with Gasteiger partial charge in [-0.3, -0.25) is 0 Å². The molecule has 0 aromatic heterocycles. The first-order chi connectivity index (χ1) is 6.72. The first-order valence-corrected chi connectivity index (χ1v) is 4.90. The van der Waals surface area contributed by atoms with E-state index < -0.39 is 0 Å². The number of hydrogen-bond donors (Lipinski definition) is 1. The van der Waals surface area contributed by atoms with Crippen molar-refractivity contribution in [2.75, 3.05) is 11.9 Å². The van der Waals surface area contributed by atoms with E-state index in [4.69, 9.17) is 5.73 Å². The smallest absolute Gasteiger partial charge is 0.0438 e. The Hall–Kier alpha value is -1.28. The average molecular weight is 190 g/mol. The summed E-state index contributed by atoms with van der Waals surface area (Å²) in [6.07, 6.45) is 2.84. The van der Waals surface area contributed by atoms with Gasteiger partial charge in [-0.1, -0.05) is 25.6 Å². The van der Waals surface area contributed by atoms with Gasteiger partial charge in [-0.25, -0.2) is 0 Å². The van der Waals surface area contributed by atoms with E-state index in [2.05, 4.69) is 31.7 Å². The van der Waals surface area contributed by atoms with Crippen LogP contribution in [0.1, 0.15) is 18.1 Å². The van der Waals surface area contributed by atoms with Crippen LogP contribution in [0.4, 0.5) is 5.69 Å². The van der Waals surface area contributed by atoms with E-state index in [0.717, 1.165) is 12.0 Å². The van der Waals surface area contributed by atoms with Gasteiger partial charge in [0.15, 0.2) is 0 Å². The molecule has 1 aromatic carbocycles. The van der Waals surface area contributed by atoms with Gasteiger partial charge in [0.05, 0.1) is 0 Å². The molecule has 0 unspecified atom stereocenters. The predicted octanol–water partition coefficient (Wildman–Crippen LogP) is 2.29. The number of rotatable bonds is 4. The lowest BCUT2D eigenvalue weighted by molar-refractivity contribution is 1.04. The molecule has 0 radical (unpaired) electrons. The molecular formula is C12H18N2. The van der Waals surface area contributed by atoms with Crippen LogP contribution in [0.15, 0.2) is 31.0 Å². The van der Waals surface area contributed by atoms with Crippen LogP contribution < -0.4 is 10.6 Å². The topological polar surface area (TPSA) is 29.3 Å². The summed E-state index contributed by atoms with van der Waals surface area (Å²) in [6, 6.07) is 6.34. The van der Waals surface area contributed by atoms with E-state index in [1.54, 1.807) is 0 Å². The van der Waals surface area contributed by atoms with Crippen LogP contribution in [-0.4, -0.2) is 7.05 Å². The van der Waals surface area contributed by atoms with Gasteiger partial charge in [-0.15, -0.1) is 0 Å². The van der Waals surface area contributed by atoms with Gasteiger partial charge in [0.1, 0.15) is 0 Å². The Morgan fingerprint density at radius 2 is 2.21 bits per heavy atom. The maximum atomic E-state index is 5.61. The Morgan fingerprint density at radius 3 is 2.71 bits per heavy atom. The largest absolute Gasteiger partial charge is 0.351 e. The van der Waals surface area contributed by atoms with E-state index in [1.165, 1.54) is 11.3 Å². The molecule has 0 amide bonds. The molecule has 0 atom stereocenters. The molecule has 76 valence electrons. The Kier molecular flexibility index (Phi) is 3.72. The van der Waals surface area contributed by atoms with Crippen molar-refractivity contribution in [3.8, 4) is 0 Å². The van der Waals surface area contributed by atoms with Crippen LogP contribution in [0.25, 0.3) is 0 Å². The third-order valence-corrected chi connectivity index (χ3v) is 2.42. The lowest BCUT2D eigenvalue weighted by Gasteiger charge is -2.18. The fourth-order valence-corrected chi connectivity index (χ4v) is 1.46. The number of nitrogens with two attached hydrogens (primary N) is 1. The normalized spacial score (nSPS) is 9.93. The second-order valence-corrected chi connectivity index (χ2v) is 3.31. The van der Waals surface area contributed by atoms with Crippen LogP contribution in [0.2, 0.25) is 0 Å². The number of benzene rings is 1. The van der Waals surface area contributed by atoms with Gasteiger partial charge in [0, 0.05) is 19.3 Å². The van der Waals surface area contributed by atoms with E-state index >= 15 is 0 Å². The summed E-state index contributed by atoms with van der Waals surface area (Å²) in [6.45, 7) is 6.50. The van der Waals surface area contributed by atoms with Crippen LogP contribution >= 0.6 is 0 Å². The summed E-state index contributed by atoms with van der Waals surface area (Å²) in [5.41, 5.74) is 9.29. The SMILES string of the molecule is C=CN(C)c1cc(CN)ccc1CC. The van der Waals surface area contributed by atoms with E-state index in [-0.39, 0.29) is 0 Å². The molecule has 2 N–H and O–H groups in total. The second-order valence-electron chi connectivity index (χ2n) is 3.31. The molecule has 0 saturated heterocycles. The minimum atomic E-state index is 0.585. The Labute approximate surface area is 86.0 Å². The molecule has 1 aromatic rings. The predicted molar refractivity (Wildman–Crippen MR) is 62.3 cm³/mol. The van der Waals surface area contributed by atoms with Crippen molar-refractivity contribution in [1.29, 1.82) is 0 Å². The highest BCUT2D eigenvalue weighted by atomic mass is 15.1. The van der Waals surface area contributed by atoms with Crippen molar-refractivity contribution in [1.82, 2.24) is 0 Å². The number of aryl methyl sites for hydroxylation is 1. The van der Waals surface area contributed by atoms with E-state index in [1.807, 2.05) is 18.1 Å². The van der Waals surface area contributed by atoms with E-state index in [9.17, 15) is 0 Å². The minimum absolute atomic E-state index is 0.585. The van der Waals surface area contributed by atoms with Gasteiger partial charge >= 0.3 is 0 Å². The second kappa shape index (κ2) is 4.82. The Bertz CT molecular complexity index is 318. The van der Waals surface area contributed by atoms with Crippen molar-refractivity contribution >= 4 is 5.69 Å². The quantitative estimate of drug-likeness (QED) is 0.789. The molecular weight excluding hydrogens is 172 g/mol. The molecule has 2 heteroatoms. The number of nitrogens with zero attached hydrogens (tertiary/aromatic N) is 1. The Morgan fingerprint density at radius 1 is 1.50 bits per heavy atom. The summed E-state index contributed by atoms with van der Waals surface area (Å²) in [7, 11) is 2.00. The van der Waals surface area contributed by atoms with Crippen molar-refractivity contribution in [2.45, 2.75) is 19.9 Å². The van der Waals surface area contributed by atoms with Crippen molar-refractivity contribution in [3.05, 3.63) is 42.1 Å². The lowest BCUT2D eigenvalue weighted by atomic mass is 10.1. The summed E-state index contributed by atoms with van der Waals surface area (Å²) in [4.78, 5) is 2.03. The van der Waals surface area contributed by atoms with E-state index in [0.29, 0.717) is 6.54 Å². The third-order valence-electron chi connectivity index (χ3n) is 2.42. The monoisotopic (exact) mass is 190 g/mol. The molecule has 2 nitrogen and oxygen atoms in total. The summed E-state index contributed by atoms with van der Waals surface area (Å²) < 4.78 is 0. The van der Waals surface area contributed by atoms with Gasteiger partial charge in [0.25, 0.3) is 0 Å². The molecule has 0 heterocycles. The summed E-state index contributed by atoms with van der Waals surface area (Å²) in [5.74, 6) is 0. The van der Waals surface area contributed by atoms with Gasteiger partial charge in [0.2, 0.25) is 0 Å². The molecule has 0 saturated carbocycles. The average Bonchev–Trinajstić information content (AvgIpc) is 2.27. The van der Waals surface area contributed by atoms with Crippen LogP contribution in [-0.2, 0) is 13.0 Å². The standard InChI is InChI=1S/C12H18N2/c1-4-11-7-6-10(9-13)8-12(11)14(3)5-2/h5-8H,2,4,9,13H2,1,3H3. The zero-order chi connectivity index (χ0) is 10.6. The van der Waals surface area contributed by atoms with Crippen molar-refractivity contribution in [3.63, 3.8) is 0 Å². The molecule has 1 rings (SSSR count). The van der Waals surface area contributed by atoms with Crippen molar-refractivity contribution in [2.24, 2.45) is 5.73 Å². The summed E-state index contributed by atoms with van der Waals surface area (Å²) >= 11 is 0. The molecule has 0 aliphatic heterocycles. The molecule has 0 bridgehead atoms. The first kappa shape index (κ1) is 10.8. The molecule has 0 aliphatic rings. The highest BCUT2D eigenvalue weighted by molar-refractivity contribution is 5.56. The summed E-state index contributed by atoms with van der Waals surface area (Å²) in [5, 5.41) is 0. The lowest BCUT2D eigenvalue weighted by Crippen LogP contribution is -2.10. The maximum absolute atomic E-state index is 5.61. The Balaban J connectivity index is 3.14. The third kappa shape index (κ3) is 2.15. The molecule has 0 aliphatic carbocycles. The fourth-order valence-electron chi connectivity index (χ4n) is 1.46. The van der Waals surface area contributed by atoms with Crippen LogP contribution in [0.3, 0.4) is 0 Å². The molecule has 14 heavy (non-hydrogen) atoms. The highest BCUT2D eigenvalue weighted by Crippen LogP contribution is 2.21. The van der Waals surface area contributed by atoms with Gasteiger partial charge in [-0.05, 0) is 29.8 Å². The maximum Gasteiger partial charge on any atom is 0.0438 e. The zero-order valence-corrected chi connectivity index (χ0v) is 8.96. The fraction of sp³-hybridized carbons (Fsp3) is 0.333. The van der Waals surface area contributed by atoms with Crippen LogP contribution in [0.5, 0.6) is 0 Å². The number of hydrogen-bond acceptors (Lipinski definition) is 2. The van der Waals surface area contributed by atoms with Gasteiger partial charge < -0.3 is 10.6 Å².